The van der Waals surface area contributed by atoms with Crippen molar-refractivity contribution in [3.63, 3.8) is 0 Å². The summed E-state index contributed by atoms with van der Waals surface area (Å²) < 4.78 is 0. The van der Waals surface area contributed by atoms with Gasteiger partial charge in [0.05, 0.1) is 0 Å². The number of hydrogen-bond donors (Lipinski definition) is 1. The summed E-state index contributed by atoms with van der Waals surface area (Å²) in [5.41, 5.74) is 4.85. The highest BCUT2D eigenvalue weighted by Gasteiger charge is 1.32. The molecule has 0 rings (SSSR count). The van der Waals surface area contributed by atoms with Crippen molar-refractivity contribution in [3.05, 3.63) is 24.9 Å². The largest absolute Gasteiger partial charge is 0.405 e. The van der Waals surface area contributed by atoms with Gasteiger partial charge in [-0.2, -0.15) is 0 Å². The van der Waals surface area contributed by atoms with Crippen molar-refractivity contribution in [2.45, 2.75) is 13.8 Å². The van der Waals surface area contributed by atoms with E-state index >= 15 is 0 Å². The number of nitrogens with two attached hydrogens (primary N) is 1. The highest BCUT2D eigenvalue weighted by molar-refractivity contribution is 4.66. The van der Waals surface area contributed by atoms with Crippen molar-refractivity contribution in [1.82, 2.24) is 0 Å². The predicted octanol–water partition coefficient (Wildman–Crippen LogP) is 1.67. The Morgan fingerprint density at radius 2 is 1.57 bits per heavy atom. The highest BCUT2D eigenvalue weighted by atomic mass is 14.5. The zero-order valence-electron chi connectivity index (χ0n) is 5.02. The van der Waals surface area contributed by atoms with E-state index in [1.165, 1.54) is 6.20 Å². The average Bonchev–Trinajstić information content (AvgIpc) is 1.69. The Morgan fingerprint density at radius 3 is 1.57 bits per heavy atom. The van der Waals surface area contributed by atoms with Gasteiger partial charge in [0.1, 0.15) is 0 Å². The fourth-order valence-corrected chi connectivity index (χ4v) is 0. The summed E-state index contributed by atoms with van der Waals surface area (Å²) in [6.45, 7) is 7.12. The Morgan fingerprint density at radius 1 is 1.43 bits per heavy atom. The molecular formula is C6H13N. The van der Waals surface area contributed by atoms with Gasteiger partial charge in [-0.25, -0.2) is 0 Å². The summed E-state index contributed by atoms with van der Waals surface area (Å²) in [7, 11) is 0. The second-order valence-corrected chi connectivity index (χ2v) is 0.934. The van der Waals surface area contributed by atoms with E-state index in [1.54, 1.807) is 12.2 Å². The molecule has 0 aromatic rings. The van der Waals surface area contributed by atoms with E-state index in [2.05, 4.69) is 6.58 Å². The zero-order chi connectivity index (χ0) is 6.12. The van der Waals surface area contributed by atoms with E-state index in [1.807, 2.05) is 13.8 Å². The van der Waals surface area contributed by atoms with Gasteiger partial charge in [0.2, 0.25) is 0 Å². The van der Waals surface area contributed by atoms with Crippen LogP contribution in [-0.2, 0) is 0 Å². The lowest BCUT2D eigenvalue weighted by Crippen LogP contribution is -1.70. The summed E-state index contributed by atoms with van der Waals surface area (Å²) in [5.74, 6) is 0. The second-order valence-electron chi connectivity index (χ2n) is 0.934. The minimum Gasteiger partial charge on any atom is -0.405 e. The monoisotopic (exact) mass is 99.1 g/mol. The molecule has 0 aromatic carbocycles. The molecular weight excluding hydrogens is 86.1 g/mol. The van der Waals surface area contributed by atoms with Gasteiger partial charge in [-0.1, -0.05) is 12.2 Å². The lowest BCUT2D eigenvalue weighted by atomic mass is 10.7. The Balaban J connectivity index is 0. The van der Waals surface area contributed by atoms with Gasteiger partial charge in [0.15, 0.2) is 0 Å². The molecule has 0 unspecified atom stereocenters. The lowest BCUT2D eigenvalue weighted by Gasteiger charge is -1.53. The maximum atomic E-state index is 4.85. The molecule has 42 valence electrons. The molecule has 2 N–H and O–H groups in total. The van der Waals surface area contributed by atoms with Crippen LogP contribution in [0.15, 0.2) is 24.9 Å². The van der Waals surface area contributed by atoms with Crippen molar-refractivity contribution in [2.75, 3.05) is 0 Å². The number of hydrogen-bond acceptors (Lipinski definition) is 1. The summed E-state index contributed by atoms with van der Waals surface area (Å²) >= 11 is 0. The molecule has 1 heteroatoms. The average molecular weight is 99.2 g/mol. The molecule has 0 saturated heterocycles. The van der Waals surface area contributed by atoms with E-state index in [-0.39, 0.29) is 0 Å². The topological polar surface area (TPSA) is 26.0 Å². The van der Waals surface area contributed by atoms with Gasteiger partial charge in [0.25, 0.3) is 0 Å². The van der Waals surface area contributed by atoms with Crippen LogP contribution in [0.1, 0.15) is 13.8 Å². The molecule has 1 nitrogen and oxygen atoms in total. The first kappa shape index (κ1) is 9.56. The van der Waals surface area contributed by atoms with Crippen LogP contribution >= 0.6 is 0 Å². The van der Waals surface area contributed by atoms with Gasteiger partial charge in [-0.3, -0.25) is 0 Å². The number of allylic oxidation sites excluding steroid dienone is 2. The molecule has 0 atom stereocenters. The summed E-state index contributed by atoms with van der Waals surface area (Å²) in [6.07, 6.45) is 5.03. The van der Waals surface area contributed by atoms with E-state index in [9.17, 15) is 0 Å². The van der Waals surface area contributed by atoms with E-state index in [4.69, 9.17) is 5.73 Å². The first-order valence-corrected chi connectivity index (χ1v) is 2.23. The van der Waals surface area contributed by atoms with E-state index < -0.39 is 0 Å². The minimum atomic E-state index is 1.50. The standard InChI is InChI=1S/C3H7N.C3H6/c1-2-3-4;1-3-2/h2-3H,4H2,1H3;3H,1H2,2H3/b3-2-;. The normalized spacial score (nSPS) is 7.14. The first-order valence-electron chi connectivity index (χ1n) is 2.23. The third kappa shape index (κ3) is 725. The van der Waals surface area contributed by atoms with Crippen LogP contribution in [0.5, 0.6) is 0 Å². The summed E-state index contributed by atoms with van der Waals surface area (Å²) in [4.78, 5) is 0. The summed E-state index contributed by atoms with van der Waals surface area (Å²) in [6, 6.07) is 0. The third-order valence-corrected chi connectivity index (χ3v) is 0.192. The van der Waals surface area contributed by atoms with Crippen molar-refractivity contribution in [2.24, 2.45) is 5.73 Å². The fourth-order valence-electron chi connectivity index (χ4n) is 0. The molecule has 0 fully saturated rings. The minimum absolute atomic E-state index is 1.50. The molecule has 0 aliphatic heterocycles. The molecule has 0 heterocycles. The van der Waals surface area contributed by atoms with Gasteiger partial charge in [0, 0.05) is 0 Å². The Hall–Kier alpha value is -0.720. The zero-order valence-corrected chi connectivity index (χ0v) is 5.02. The third-order valence-electron chi connectivity index (χ3n) is 0.192. The predicted molar refractivity (Wildman–Crippen MR) is 34.9 cm³/mol. The van der Waals surface area contributed by atoms with Crippen LogP contribution in [0.2, 0.25) is 0 Å². The Kier molecular flexibility index (Phi) is 25.4. The van der Waals surface area contributed by atoms with Crippen LogP contribution in [0, 0.1) is 0 Å². The van der Waals surface area contributed by atoms with Crippen LogP contribution in [0.3, 0.4) is 0 Å². The SMILES string of the molecule is C/C=C\N.C=CC. The molecule has 0 aliphatic rings. The van der Waals surface area contributed by atoms with Crippen molar-refractivity contribution < 1.29 is 0 Å². The molecule has 0 radical (unpaired) electrons. The molecule has 0 aromatic heterocycles. The smallest absolute Gasteiger partial charge is 0.0106 e. The maximum absolute atomic E-state index is 4.85. The quantitative estimate of drug-likeness (QED) is 0.459. The van der Waals surface area contributed by atoms with Gasteiger partial charge < -0.3 is 5.73 Å². The first-order chi connectivity index (χ1) is 3.33. The van der Waals surface area contributed by atoms with Gasteiger partial charge in [-0.05, 0) is 20.0 Å². The van der Waals surface area contributed by atoms with E-state index in [0.29, 0.717) is 0 Å². The Bertz CT molecular complexity index is 42.1. The Labute approximate surface area is 45.5 Å². The second kappa shape index (κ2) is 18.6. The van der Waals surface area contributed by atoms with Crippen molar-refractivity contribution >= 4 is 0 Å². The fraction of sp³-hybridized carbons (Fsp3) is 0.333. The van der Waals surface area contributed by atoms with Gasteiger partial charge >= 0.3 is 0 Å². The molecule has 0 saturated carbocycles. The van der Waals surface area contributed by atoms with Crippen LogP contribution < -0.4 is 5.73 Å². The lowest BCUT2D eigenvalue weighted by molar-refractivity contribution is 1.55. The molecule has 0 spiro atoms. The molecule has 0 aliphatic carbocycles. The van der Waals surface area contributed by atoms with Crippen LogP contribution in [0.4, 0.5) is 0 Å². The van der Waals surface area contributed by atoms with E-state index in [0.717, 1.165) is 0 Å². The van der Waals surface area contributed by atoms with Crippen molar-refractivity contribution in [3.8, 4) is 0 Å². The van der Waals surface area contributed by atoms with Crippen LogP contribution in [0.25, 0.3) is 0 Å². The molecule has 7 heavy (non-hydrogen) atoms. The van der Waals surface area contributed by atoms with Crippen molar-refractivity contribution in [1.29, 1.82) is 0 Å². The van der Waals surface area contributed by atoms with Crippen LogP contribution in [-0.4, -0.2) is 0 Å². The maximum Gasteiger partial charge on any atom is -0.0106 e. The van der Waals surface area contributed by atoms with Gasteiger partial charge in [-0.15, -0.1) is 6.58 Å². The molecule has 0 amide bonds. The highest BCUT2D eigenvalue weighted by Crippen LogP contribution is 1.47. The summed E-state index contributed by atoms with van der Waals surface area (Å²) in [5, 5.41) is 0. The number of rotatable bonds is 0. The molecule has 0 bridgehead atoms.